The van der Waals surface area contributed by atoms with Crippen molar-refractivity contribution in [1.29, 1.82) is 0 Å². The van der Waals surface area contributed by atoms with E-state index < -0.39 is 0 Å². The molecule has 0 aliphatic heterocycles. The first-order valence-corrected chi connectivity index (χ1v) is 6.81. The molecule has 0 aromatic carbocycles. The van der Waals surface area contributed by atoms with Gasteiger partial charge >= 0.3 is 0 Å². The van der Waals surface area contributed by atoms with Gasteiger partial charge in [-0.1, -0.05) is 6.07 Å². The lowest BCUT2D eigenvalue weighted by atomic mass is 9.91. The van der Waals surface area contributed by atoms with Crippen LogP contribution < -0.4 is 10.6 Å². The van der Waals surface area contributed by atoms with E-state index in [1.165, 1.54) is 19.3 Å². The van der Waals surface area contributed by atoms with Gasteiger partial charge in [-0.25, -0.2) is 4.98 Å². The number of nitrogens with two attached hydrogens (primary N) is 1. The van der Waals surface area contributed by atoms with Crippen LogP contribution in [0.2, 0.25) is 0 Å². The van der Waals surface area contributed by atoms with Gasteiger partial charge in [-0.15, -0.1) is 0 Å². The molecule has 1 aliphatic rings. The third-order valence-electron chi connectivity index (χ3n) is 3.66. The van der Waals surface area contributed by atoms with Crippen molar-refractivity contribution in [2.24, 2.45) is 5.73 Å². The van der Waals surface area contributed by atoms with Crippen LogP contribution in [0, 0.1) is 0 Å². The van der Waals surface area contributed by atoms with Gasteiger partial charge in [-0.05, 0) is 44.2 Å². The minimum absolute atomic E-state index is 0.0288. The summed E-state index contributed by atoms with van der Waals surface area (Å²) in [7, 11) is 0. The Morgan fingerprint density at radius 2 is 2.28 bits per heavy atom. The van der Waals surface area contributed by atoms with E-state index in [1.54, 1.807) is 0 Å². The van der Waals surface area contributed by atoms with Crippen LogP contribution in [-0.4, -0.2) is 29.3 Å². The van der Waals surface area contributed by atoms with Crippen LogP contribution in [0.3, 0.4) is 0 Å². The molecule has 4 heteroatoms. The van der Waals surface area contributed by atoms with Crippen molar-refractivity contribution >= 4 is 5.82 Å². The van der Waals surface area contributed by atoms with Crippen molar-refractivity contribution in [3.05, 3.63) is 23.9 Å². The Balaban J connectivity index is 2.08. The summed E-state index contributed by atoms with van der Waals surface area (Å²) in [4.78, 5) is 6.84. The average Bonchev–Trinajstić information content (AvgIpc) is 2.32. The monoisotopic (exact) mass is 249 g/mol. The maximum Gasteiger partial charge on any atom is 0.128 e. The summed E-state index contributed by atoms with van der Waals surface area (Å²) in [5, 5.41) is 8.99. The van der Waals surface area contributed by atoms with Crippen LogP contribution in [0.15, 0.2) is 18.3 Å². The summed E-state index contributed by atoms with van der Waals surface area (Å²) in [6, 6.07) is 4.73. The second-order valence-electron chi connectivity index (χ2n) is 5.09. The molecule has 1 heterocycles. The summed E-state index contributed by atoms with van der Waals surface area (Å²) < 4.78 is 0. The van der Waals surface area contributed by atoms with Gasteiger partial charge in [-0.3, -0.25) is 0 Å². The van der Waals surface area contributed by atoms with Crippen molar-refractivity contribution in [3.8, 4) is 0 Å². The number of aromatic nitrogens is 1. The maximum absolute atomic E-state index is 8.99. The van der Waals surface area contributed by atoms with Gasteiger partial charge in [0.05, 0.1) is 0 Å². The Morgan fingerprint density at radius 3 is 2.72 bits per heavy atom. The first kappa shape index (κ1) is 13.3. The molecule has 4 nitrogen and oxygen atoms in total. The first-order valence-electron chi connectivity index (χ1n) is 6.81. The molecule has 1 atom stereocenters. The van der Waals surface area contributed by atoms with Crippen molar-refractivity contribution < 1.29 is 5.11 Å². The van der Waals surface area contributed by atoms with E-state index in [-0.39, 0.29) is 12.6 Å². The number of anilines is 1. The number of rotatable bonds is 6. The van der Waals surface area contributed by atoms with Crippen LogP contribution in [0.4, 0.5) is 5.82 Å². The minimum atomic E-state index is 0.0288. The van der Waals surface area contributed by atoms with E-state index in [0.717, 1.165) is 24.3 Å². The van der Waals surface area contributed by atoms with Crippen LogP contribution in [0.25, 0.3) is 0 Å². The topological polar surface area (TPSA) is 62.4 Å². The standard InChI is InChI=1S/C14H23N3O/c1-11(15)12-6-7-14(16-10-12)17(8-3-9-18)13-4-2-5-13/h6-7,10-11,13,18H,2-5,8-9,15H2,1H3/t11-/m1/s1. The van der Waals surface area contributed by atoms with Crippen LogP contribution in [0.5, 0.6) is 0 Å². The summed E-state index contributed by atoms with van der Waals surface area (Å²) >= 11 is 0. The van der Waals surface area contributed by atoms with E-state index in [1.807, 2.05) is 19.2 Å². The number of aliphatic hydroxyl groups is 1. The Labute approximate surface area is 109 Å². The fraction of sp³-hybridized carbons (Fsp3) is 0.643. The second-order valence-corrected chi connectivity index (χ2v) is 5.09. The Hall–Kier alpha value is -1.13. The molecule has 0 spiro atoms. The van der Waals surface area contributed by atoms with Gasteiger partial charge in [0, 0.05) is 31.4 Å². The highest BCUT2D eigenvalue weighted by Gasteiger charge is 2.25. The number of aliphatic hydroxyl groups excluding tert-OH is 1. The molecule has 3 N–H and O–H groups in total. The van der Waals surface area contributed by atoms with Crippen molar-refractivity contribution in [2.45, 2.75) is 44.7 Å². The average molecular weight is 249 g/mol. The van der Waals surface area contributed by atoms with Crippen LogP contribution in [0.1, 0.15) is 44.2 Å². The van der Waals surface area contributed by atoms with Crippen LogP contribution in [-0.2, 0) is 0 Å². The molecule has 0 radical (unpaired) electrons. The van der Waals surface area contributed by atoms with E-state index in [4.69, 9.17) is 10.8 Å². The summed E-state index contributed by atoms with van der Waals surface area (Å²) in [5.74, 6) is 1.01. The van der Waals surface area contributed by atoms with E-state index in [2.05, 4.69) is 16.0 Å². The summed E-state index contributed by atoms with van der Waals surface area (Å²) in [6.45, 7) is 3.08. The molecule has 0 unspecified atom stereocenters. The summed E-state index contributed by atoms with van der Waals surface area (Å²) in [5.41, 5.74) is 6.89. The van der Waals surface area contributed by atoms with Gasteiger partial charge in [-0.2, -0.15) is 0 Å². The molecule has 1 aromatic rings. The number of pyridine rings is 1. The zero-order chi connectivity index (χ0) is 13.0. The molecule has 1 aliphatic carbocycles. The molecule has 0 saturated heterocycles. The van der Waals surface area contributed by atoms with E-state index >= 15 is 0 Å². The molecule has 1 aromatic heterocycles. The van der Waals surface area contributed by atoms with Crippen molar-refractivity contribution in [2.75, 3.05) is 18.1 Å². The predicted octanol–water partition coefficient (Wildman–Crippen LogP) is 1.84. The number of hydrogen-bond acceptors (Lipinski definition) is 4. The third kappa shape index (κ3) is 3.00. The SMILES string of the molecule is C[C@@H](N)c1ccc(N(CCCO)C2CCC2)nc1. The quantitative estimate of drug-likeness (QED) is 0.807. The van der Waals surface area contributed by atoms with Gasteiger partial charge in [0.25, 0.3) is 0 Å². The lowest BCUT2D eigenvalue weighted by Crippen LogP contribution is -2.41. The zero-order valence-corrected chi connectivity index (χ0v) is 11.0. The first-order chi connectivity index (χ1) is 8.72. The predicted molar refractivity (Wildman–Crippen MR) is 73.5 cm³/mol. The highest BCUT2D eigenvalue weighted by atomic mass is 16.3. The van der Waals surface area contributed by atoms with Crippen molar-refractivity contribution in [3.63, 3.8) is 0 Å². The lowest BCUT2D eigenvalue weighted by molar-refractivity contribution is 0.282. The van der Waals surface area contributed by atoms with Gasteiger partial charge in [0.2, 0.25) is 0 Å². The second kappa shape index (κ2) is 6.16. The van der Waals surface area contributed by atoms with Gasteiger partial charge in [0.1, 0.15) is 5.82 Å². The Kier molecular flexibility index (Phi) is 4.55. The normalized spacial score (nSPS) is 17.3. The molecule has 1 saturated carbocycles. The Morgan fingerprint density at radius 1 is 1.50 bits per heavy atom. The fourth-order valence-electron chi connectivity index (χ4n) is 2.26. The van der Waals surface area contributed by atoms with E-state index in [0.29, 0.717) is 6.04 Å². The highest BCUT2D eigenvalue weighted by Crippen LogP contribution is 2.28. The van der Waals surface area contributed by atoms with Crippen molar-refractivity contribution in [1.82, 2.24) is 4.98 Å². The zero-order valence-electron chi connectivity index (χ0n) is 11.0. The lowest BCUT2D eigenvalue weighted by Gasteiger charge is -2.38. The molecular formula is C14H23N3O. The Bertz CT molecular complexity index is 360. The molecule has 18 heavy (non-hydrogen) atoms. The molecule has 1 fully saturated rings. The van der Waals surface area contributed by atoms with Crippen LogP contribution >= 0.6 is 0 Å². The highest BCUT2D eigenvalue weighted by molar-refractivity contribution is 5.41. The molecule has 0 amide bonds. The number of hydrogen-bond donors (Lipinski definition) is 2. The van der Waals surface area contributed by atoms with Gasteiger partial charge in [0.15, 0.2) is 0 Å². The number of nitrogens with zero attached hydrogens (tertiary/aromatic N) is 2. The molecule has 2 rings (SSSR count). The largest absolute Gasteiger partial charge is 0.396 e. The minimum Gasteiger partial charge on any atom is -0.396 e. The smallest absolute Gasteiger partial charge is 0.128 e. The van der Waals surface area contributed by atoms with E-state index in [9.17, 15) is 0 Å². The molecular weight excluding hydrogens is 226 g/mol. The molecule has 100 valence electrons. The summed E-state index contributed by atoms with van der Waals surface area (Å²) in [6.07, 6.45) is 6.44. The third-order valence-corrected chi connectivity index (χ3v) is 3.66. The van der Waals surface area contributed by atoms with Gasteiger partial charge < -0.3 is 15.7 Å². The molecule has 0 bridgehead atoms. The maximum atomic E-state index is 8.99. The fourth-order valence-corrected chi connectivity index (χ4v) is 2.26.